The van der Waals surface area contributed by atoms with Crippen molar-refractivity contribution in [3.63, 3.8) is 0 Å². The third-order valence-corrected chi connectivity index (χ3v) is 5.02. The van der Waals surface area contributed by atoms with E-state index >= 15 is 0 Å². The van der Waals surface area contributed by atoms with Crippen LogP contribution < -0.4 is 5.32 Å². The molecule has 4 rings (SSSR count). The Morgan fingerprint density at radius 3 is 2.37 bits per heavy atom. The van der Waals surface area contributed by atoms with Gasteiger partial charge in [0.1, 0.15) is 12.3 Å². The summed E-state index contributed by atoms with van der Waals surface area (Å²) in [5, 5.41) is 11.6. The van der Waals surface area contributed by atoms with Gasteiger partial charge in [0, 0.05) is 18.7 Å². The molecule has 150 valence electrons. The van der Waals surface area contributed by atoms with Gasteiger partial charge in [-0.1, -0.05) is 60.7 Å². The summed E-state index contributed by atoms with van der Waals surface area (Å²) < 4.78 is 5.47. The molecule has 0 aliphatic heterocycles. The molecule has 0 saturated carbocycles. The van der Waals surface area contributed by atoms with Crippen LogP contribution in [0.5, 0.6) is 0 Å². The number of aromatic nitrogens is 1. The molecule has 1 aromatic heterocycles. The number of alkyl carbamates (subject to hydrolysis) is 1. The monoisotopic (exact) mass is 400 g/mol. The molecule has 30 heavy (non-hydrogen) atoms. The number of carboxylic acids is 1. The highest BCUT2D eigenvalue weighted by atomic mass is 16.5. The van der Waals surface area contributed by atoms with Crippen LogP contribution in [0, 0.1) is 0 Å². The number of carbonyl (C=O) groups is 2. The predicted octanol–water partition coefficient (Wildman–Crippen LogP) is 4.33. The molecule has 0 fully saturated rings. The summed E-state index contributed by atoms with van der Waals surface area (Å²) in [6.07, 6.45) is 4.38. The maximum absolute atomic E-state index is 12.1. The summed E-state index contributed by atoms with van der Waals surface area (Å²) in [5.74, 6) is -1.06. The summed E-state index contributed by atoms with van der Waals surface area (Å²) in [6.45, 7) is 0.525. The predicted molar refractivity (Wildman–Crippen MR) is 113 cm³/mol. The van der Waals surface area contributed by atoms with Crippen LogP contribution in [-0.2, 0) is 4.74 Å². The van der Waals surface area contributed by atoms with Crippen LogP contribution in [0.2, 0.25) is 0 Å². The maximum atomic E-state index is 12.1. The van der Waals surface area contributed by atoms with Crippen LogP contribution in [0.1, 0.15) is 33.1 Å². The number of nitrogens with one attached hydrogen (secondary N) is 1. The largest absolute Gasteiger partial charge is 0.477 e. The van der Waals surface area contributed by atoms with Crippen molar-refractivity contribution >= 4 is 18.1 Å². The second-order valence-corrected chi connectivity index (χ2v) is 6.89. The number of benzene rings is 2. The summed E-state index contributed by atoms with van der Waals surface area (Å²) in [6, 6.07) is 19.5. The summed E-state index contributed by atoms with van der Waals surface area (Å²) in [5.41, 5.74) is 5.36. The van der Waals surface area contributed by atoms with E-state index < -0.39 is 12.1 Å². The first-order valence-electron chi connectivity index (χ1n) is 9.58. The molecule has 6 heteroatoms. The highest BCUT2D eigenvalue weighted by Gasteiger charge is 2.28. The number of hydrogen-bond acceptors (Lipinski definition) is 4. The van der Waals surface area contributed by atoms with E-state index in [2.05, 4.69) is 34.6 Å². The van der Waals surface area contributed by atoms with Crippen molar-refractivity contribution in [3.05, 3.63) is 95.3 Å². The number of amides is 1. The van der Waals surface area contributed by atoms with E-state index in [1.165, 1.54) is 34.5 Å². The fraction of sp³-hybridized carbons (Fsp3) is 0.125. The number of nitrogens with zero attached hydrogens (tertiary/aromatic N) is 1. The minimum atomic E-state index is -1.08. The van der Waals surface area contributed by atoms with Crippen LogP contribution in [0.15, 0.2) is 72.9 Å². The molecular weight excluding hydrogens is 380 g/mol. The lowest BCUT2D eigenvalue weighted by Crippen LogP contribution is -2.26. The Hall–Kier alpha value is -3.93. The lowest BCUT2D eigenvalue weighted by molar-refractivity contribution is 0.0690. The number of aromatic carboxylic acids is 1. The van der Waals surface area contributed by atoms with Gasteiger partial charge >= 0.3 is 12.1 Å². The Balaban J connectivity index is 1.32. The molecule has 0 spiro atoms. The van der Waals surface area contributed by atoms with E-state index in [0.717, 1.165) is 0 Å². The Morgan fingerprint density at radius 2 is 1.70 bits per heavy atom. The number of carbonyl (C=O) groups excluding carboxylic acids is 1. The standard InChI is InChI=1S/C24H20N2O4/c27-23(28)22-14-16(11-13-25-22)6-5-12-26-24(29)30-15-21-19-9-3-1-7-17(19)18-8-2-4-10-20(18)21/h1-11,13-14,21H,12,15H2,(H,26,29)(H,27,28). The Labute approximate surface area is 173 Å². The van der Waals surface area contributed by atoms with Crippen LogP contribution >= 0.6 is 0 Å². The molecule has 0 unspecified atom stereocenters. The number of ether oxygens (including phenoxy) is 1. The second-order valence-electron chi connectivity index (χ2n) is 6.89. The molecule has 2 N–H and O–H groups in total. The number of rotatable bonds is 6. The van der Waals surface area contributed by atoms with Crippen LogP contribution in [-0.4, -0.2) is 35.3 Å². The van der Waals surface area contributed by atoms with Gasteiger partial charge in [0.05, 0.1) is 0 Å². The molecule has 1 heterocycles. The van der Waals surface area contributed by atoms with Gasteiger partial charge in [0.2, 0.25) is 0 Å². The topological polar surface area (TPSA) is 88.5 Å². The van der Waals surface area contributed by atoms with Crippen molar-refractivity contribution < 1.29 is 19.4 Å². The van der Waals surface area contributed by atoms with Gasteiger partial charge < -0.3 is 15.2 Å². The minimum absolute atomic E-state index is 0.0185. The van der Waals surface area contributed by atoms with Crippen LogP contribution in [0.25, 0.3) is 17.2 Å². The highest BCUT2D eigenvalue weighted by Crippen LogP contribution is 2.44. The van der Waals surface area contributed by atoms with Crippen molar-refractivity contribution in [2.75, 3.05) is 13.2 Å². The van der Waals surface area contributed by atoms with Gasteiger partial charge in [-0.05, 0) is 39.9 Å². The van der Waals surface area contributed by atoms with Gasteiger partial charge in [0.15, 0.2) is 0 Å². The Kier molecular flexibility index (Phi) is 5.57. The zero-order valence-electron chi connectivity index (χ0n) is 16.1. The SMILES string of the molecule is O=C(NCC=Cc1ccnc(C(=O)O)c1)OCC1c2ccccc2-c2ccccc21. The average Bonchev–Trinajstić information content (AvgIpc) is 3.09. The molecule has 6 nitrogen and oxygen atoms in total. The molecule has 1 amide bonds. The van der Waals surface area contributed by atoms with E-state index in [-0.39, 0.29) is 24.8 Å². The highest BCUT2D eigenvalue weighted by molar-refractivity contribution is 5.86. The number of fused-ring (bicyclic) bond motifs is 3. The smallest absolute Gasteiger partial charge is 0.407 e. The molecule has 0 bridgehead atoms. The van der Waals surface area contributed by atoms with Gasteiger partial charge in [0.25, 0.3) is 0 Å². The molecule has 0 saturated heterocycles. The van der Waals surface area contributed by atoms with Gasteiger partial charge in [-0.2, -0.15) is 0 Å². The number of hydrogen-bond donors (Lipinski definition) is 2. The van der Waals surface area contributed by atoms with Crippen molar-refractivity contribution in [1.29, 1.82) is 0 Å². The molecule has 1 aliphatic rings. The van der Waals surface area contributed by atoms with E-state index in [0.29, 0.717) is 5.56 Å². The van der Waals surface area contributed by atoms with Crippen molar-refractivity contribution in [2.45, 2.75) is 5.92 Å². The first-order chi connectivity index (χ1) is 14.6. The zero-order chi connectivity index (χ0) is 20.9. The van der Waals surface area contributed by atoms with E-state index in [9.17, 15) is 9.59 Å². The zero-order valence-corrected chi connectivity index (χ0v) is 16.1. The third kappa shape index (κ3) is 4.07. The van der Waals surface area contributed by atoms with Gasteiger partial charge in [-0.15, -0.1) is 0 Å². The van der Waals surface area contributed by atoms with Crippen LogP contribution in [0.4, 0.5) is 4.79 Å². The summed E-state index contributed by atoms with van der Waals surface area (Å²) in [4.78, 5) is 26.8. The molecule has 1 aliphatic carbocycles. The van der Waals surface area contributed by atoms with Gasteiger partial charge in [-0.3, -0.25) is 0 Å². The summed E-state index contributed by atoms with van der Waals surface area (Å²) in [7, 11) is 0. The van der Waals surface area contributed by atoms with E-state index in [4.69, 9.17) is 9.84 Å². The Bertz CT molecular complexity index is 1080. The molecule has 2 aromatic carbocycles. The molecule has 0 radical (unpaired) electrons. The average molecular weight is 400 g/mol. The van der Waals surface area contributed by atoms with Crippen molar-refractivity contribution in [1.82, 2.24) is 10.3 Å². The van der Waals surface area contributed by atoms with E-state index in [1.54, 1.807) is 18.2 Å². The lowest BCUT2D eigenvalue weighted by atomic mass is 9.98. The quantitative estimate of drug-likeness (QED) is 0.643. The summed E-state index contributed by atoms with van der Waals surface area (Å²) >= 11 is 0. The fourth-order valence-electron chi connectivity index (χ4n) is 3.65. The minimum Gasteiger partial charge on any atom is -0.477 e. The van der Waals surface area contributed by atoms with Crippen molar-refractivity contribution in [2.24, 2.45) is 0 Å². The Morgan fingerprint density at radius 1 is 1.03 bits per heavy atom. The van der Waals surface area contributed by atoms with Gasteiger partial charge in [-0.25, -0.2) is 14.6 Å². The number of carboxylic acid groups (broad SMARTS) is 1. The molecule has 3 aromatic rings. The fourth-order valence-corrected chi connectivity index (χ4v) is 3.65. The van der Waals surface area contributed by atoms with Crippen LogP contribution in [0.3, 0.4) is 0 Å². The first-order valence-corrected chi connectivity index (χ1v) is 9.58. The van der Waals surface area contributed by atoms with Crippen molar-refractivity contribution in [3.8, 4) is 11.1 Å². The molecular formula is C24H20N2O4. The normalized spacial score (nSPS) is 12.4. The van der Waals surface area contributed by atoms with E-state index in [1.807, 2.05) is 24.3 Å². The second kappa shape index (κ2) is 8.61. The third-order valence-electron chi connectivity index (χ3n) is 5.02. The first kappa shape index (κ1) is 19.4. The lowest BCUT2D eigenvalue weighted by Gasteiger charge is -2.14. The number of pyridine rings is 1. The maximum Gasteiger partial charge on any atom is 0.407 e. The molecule has 0 atom stereocenters.